The Bertz CT molecular complexity index is 836. The summed E-state index contributed by atoms with van der Waals surface area (Å²) in [7, 11) is 1.69. The minimum Gasteiger partial charge on any atom is -0.496 e. The summed E-state index contributed by atoms with van der Waals surface area (Å²) < 4.78 is 5.56. The molecule has 3 aromatic rings. The van der Waals surface area contributed by atoms with Crippen LogP contribution in [-0.2, 0) is 5.41 Å². The Hall–Kier alpha value is -2.68. The van der Waals surface area contributed by atoms with Gasteiger partial charge in [0.1, 0.15) is 5.75 Å². The van der Waals surface area contributed by atoms with Gasteiger partial charge in [0.25, 0.3) is 0 Å². The molecule has 0 amide bonds. The standard InChI is InChI=1S/C21H22N2O/c1-21(2,3)15-11-12-20(24-4)16(14-15)17-9-7-10-19(23-17)18-8-5-6-13-22-18/h5-14H,1-4H3. The first-order valence-corrected chi connectivity index (χ1v) is 8.06. The van der Waals surface area contributed by atoms with Gasteiger partial charge in [0.2, 0.25) is 0 Å². The quantitative estimate of drug-likeness (QED) is 0.672. The summed E-state index contributed by atoms with van der Waals surface area (Å²) in [5.41, 5.74) is 4.94. The van der Waals surface area contributed by atoms with Gasteiger partial charge in [-0.3, -0.25) is 4.98 Å². The predicted molar refractivity (Wildman–Crippen MR) is 98.2 cm³/mol. The van der Waals surface area contributed by atoms with Crippen molar-refractivity contribution in [2.45, 2.75) is 26.2 Å². The molecule has 0 fully saturated rings. The van der Waals surface area contributed by atoms with E-state index < -0.39 is 0 Å². The minimum atomic E-state index is 0.0691. The zero-order chi connectivity index (χ0) is 17.2. The smallest absolute Gasteiger partial charge is 0.128 e. The van der Waals surface area contributed by atoms with Gasteiger partial charge in [-0.1, -0.05) is 39.0 Å². The lowest BCUT2D eigenvalue weighted by molar-refractivity contribution is 0.415. The number of nitrogens with zero attached hydrogens (tertiary/aromatic N) is 2. The number of hydrogen-bond donors (Lipinski definition) is 0. The van der Waals surface area contributed by atoms with Crippen LogP contribution in [0.5, 0.6) is 5.75 Å². The number of methoxy groups -OCH3 is 1. The summed E-state index contributed by atoms with van der Waals surface area (Å²) in [6, 6.07) is 18.1. The number of pyridine rings is 2. The number of rotatable bonds is 3. The second kappa shape index (κ2) is 6.44. The third-order valence-electron chi connectivity index (χ3n) is 4.02. The highest BCUT2D eigenvalue weighted by molar-refractivity contribution is 5.70. The molecule has 2 heterocycles. The molecule has 122 valence electrons. The van der Waals surface area contributed by atoms with Crippen molar-refractivity contribution in [3.63, 3.8) is 0 Å². The lowest BCUT2D eigenvalue weighted by Crippen LogP contribution is -2.11. The maximum atomic E-state index is 5.56. The largest absolute Gasteiger partial charge is 0.496 e. The number of benzene rings is 1. The molecule has 3 nitrogen and oxygen atoms in total. The van der Waals surface area contributed by atoms with E-state index in [1.165, 1.54) is 5.56 Å². The number of ether oxygens (including phenoxy) is 1. The van der Waals surface area contributed by atoms with Crippen LogP contribution in [0.25, 0.3) is 22.6 Å². The molecular weight excluding hydrogens is 296 g/mol. The second-order valence-corrected chi connectivity index (χ2v) is 6.79. The second-order valence-electron chi connectivity index (χ2n) is 6.79. The van der Waals surface area contributed by atoms with Crippen molar-refractivity contribution in [3.8, 4) is 28.4 Å². The van der Waals surface area contributed by atoms with E-state index in [2.05, 4.69) is 37.9 Å². The lowest BCUT2D eigenvalue weighted by atomic mass is 9.85. The molecule has 0 spiro atoms. The fourth-order valence-corrected chi connectivity index (χ4v) is 2.62. The van der Waals surface area contributed by atoms with Crippen molar-refractivity contribution < 1.29 is 4.74 Å². The first kappa shape index (κ1) is 16.2. The monoisotopic (exact) mass is 318 g/mol. The highest BCUT2D eigenvalue weighted by atomic mass is 16.5. The van der Waals surface area contributed by atoms with E-state index in [0.29, 0.717) is 0 Å². The molecule has 24 heavy (non-hydrogen) atoms. The highest BCUT2D eigenvalue weighted by Crippen LogP contribution is 2.34. The number of hydrogen-bond acceptors (Lipinski definition) is 3. The average Bonchev–Trinajstić information content (AvgIpc) is 2.61. The highest BCUT2D eigenvalue weighted by Gasteiger charge is 2.17. The molecule has 1 aromatic carbocycles. The molecule has 2 aromatic heterocycles. The molecule has 0 aliphatic carbocycles. The van der Waals surface area contributed by atoms with Crippen molar-refractivity contribution in [1.82, 2.24) is 9.97 Å². The van der Waals surface area contributed by atoms with Crippen molar-refractivity contribution in [2.75, 3.05) is 7.11 Å². The molecular formula is C21H22N2O. The average molecular weight is 318 g/mol. The molecule has 0 aliphatic rings. The van der Waals surface area contributed by atoms with Gasteiger partial charge in [0, 0.05) is 11.8 Å². The van der Waals surface area contributed by atoms with Crippen molar-refractivity contribution in [1.29, 1.82) is 0 Å². The van der Waals surface area contributed by atoms with E-state index in [9.17, 15) is 0 Å². The fraction of sp³-hybridized carbons (Fsp3) is 0.238. The summed E-state index contributed by atoms with van der Waals surface area (Å²) in [4.78, 5) is 9.19. The molecule has 0 atom stereocenters. The third-order valence-corrected chi connectivity index (χ3v) is 4.02. The van der Waals surface area contributed by atoms with Crippen LogP contribution in [0.4, 0.5) is 0 Å². The van der Waals surface area contributed by atoms with Crippen molar-refractivity contribution >= 4 is 0 Å². The van der Waals surface area contributed by atoms with Gasteiger partial charge in [0.05, 0.1) is 24.2 Å². The Morgan fingerprint density at radius 1 is 0.833 bits per heavy atom. The maximum Gasteiger partial charge on any atom is 0.128 e. The molecule has 0 aliphatic heterocycles. The summed E-state index contributed by atoms with van der Waals surface area (Å²) in [6.45, 7) is 6.61. The lowest BCUT2D eigenvalue weighted by Gasteiger charge is -2.21. The normalized spacial score (nSPS) is 11.3. The SMILES string of the molecule is COc1ccc(C(C)(C)C)cc1-c1cccc(-c2ccccn2)n1. The third kappa shape index (κ3) is 3.30. The van der Waals surface area contributed by atoms with Crippen LogP contribution in [-0.4, -0.2) is 17.1 Å². The summed E-state index contributed by atoms with van der Waals surface area (Å²) >= 11 is 0. The maximum absolute atomic E-state index is 5.56. The first-order valence-electron chi connectivity index (χ1n) is 8.06. The van der Waals surface area contributed by atoms with Crippen LogP contribution in [0.2, 0.25) is 0 Å². The zero-order valence-electron chi connectivity index (χ0n) is 14.6. The molecule has 0 saturated heterocycles. The number of aromatic nitrogens is 2. The van der Waals surface area contributed by atoms with Crippen LogP contribution in [0.3, 0.4) is 0 Å². The Labute approximate surface area is 143 Å². The van der Waals surface area contributed by atoms with E-state index in [4.69, 9.17) is 9.72 Å². The molecule has 0 bridgehead atoms. The van der Waals surface area contributed by atoms with Gasteiger partial charge < -0.3 is 4.74 Å². The molecule has 0 unspecified atom stereocenters. The Morgan fingerprint density at radius 3 is 2.25 bits per heavy atom. The van der Waals surface area contributed by atoms with Gasteiger partial charge >= 0.3 is 0 Å². The van der Waals surface area contributed by atoms with E-state index in [1.54, 1.807) is 13.3 Å². The van der Waals surface area contributed by atoms with Crippen LogP contribution in [0, 0.1) is 0 Å². The van der Waals surface area contributed by atoms with E-state index in [-0.39, 0.29) is 5.41 Å². The molecule has 0 N–H and O–H groups in total. The fourth-order valence-electron chi connectivity index (χ4n) is 2.62. The van der Waals surface area contributed by atoms with Gasteiger partial charge in [-0.25, -0.2) is 4.98 Å². The molecule has 3 rings (SSSR count). The topological polar surface area (TPSA) is 35.0 Å². The zero-order valence-corrected chi connectivity index (χ0v) is 14.6. The van der Waals surface area contributed by atoms with E-state index in [0.717, 1.165) is 28.4 Å². The molecule has 0 saturated carbocycles. The van der Waals surface area contributed by atoms with Gasteiger partial charge in [0.15, 0.2) is 0 Å². The summed E-state index contributed by atoms with van der Waals surface area (Å²) in [6.07, 6.45) is 1.78. The van der Waals surface area contributed by atoms with Crippen molar-refractivity contribution in [3.05, 3.63) is 66.4 Å². The minimum absolute atomic E-state index is 0.0691. The Kier molecular flexibility index (Phi) is 4.34. The predicted octanol–water partition coefficient (Wildman–Crippen LogP) is 5.12. The van der Waals surface area contributed by atoms with Gasteiger partial charge in [-0.2, -0.15) is 0 Å². The first-order chi connectivity index (χ1) is 11.5. The molecule has 3 heteroatoms. The van der Waals surface area contributed by atoms with E-state index >= 15 is 0 Å². The van der Waals surface area contributed by atoms with Crippen LogP contribution in [0.15, 0.2) is 60.8 Å². The van der Waals surface area contributed by atoms with Gasteiger partial charge in [-0.05, 0) is 47.4 Å². The Balaban J connectivity index is 2.12. The van der Waals surface area contributed by atoms with Crippen LogP contribution in [0.1, 0.15) is 26.3 Å². The van der Waals surface area contributed by atoms with E-state index in [1.807, 2.05) is 42.5 Å². The van der Waals surface area contributed by atoms with Gasteiger partial charge in [-0.15, -0.1) is 0 Å². The summed E-state index contributed by atoms with van der Waals surface area (Å²) in [5, 5.41) is 0. The van der Waals surface area contributed by atoms with Crippen LogP contribution >= 0.6 is 0 Å². The summed E-state index contributed by atoms with van der Waals surface area (Å²) in [5.74, 6) is 0.827. The molecule has 0 radical (unpaired) electrons. The van der Waals surface area contributed by atoms with Crippen LogP contribution < -0.4 is 4.74 Å². The Morgan fingerprint density at radius 2 is 1.58 bits per heavy atom. The van der Waals surface area contributed by atoms with Crippen molar-refractivity contribution in [2.24, 2.45) is 0 Å².